The van der Waals surface area contributed by atoms with Crippen molar-refractivity contribution in [1.82, 2.24) is 4.90 Å². The number of hydrogen-bond acceptors (Lipinski definition) is 3. The van der Waals surface area contributed by atoms with Crippen LogP contribution in [0.2, 0.25) is 0 Å². The van der Waals surface area contributed by atoms with Gasteiger partial charge in [0.15, 0.2) is 0 Å². The molecule has 0 bridgehead atoms. The summed E-state index contributed by atoms with van der Waals surface area (Å²) in [5.41, 5.74) is 11.2. The molecule has 1 aliphatic heterocycles. The van der Waals surface area contributed by atoms with E-state index >= 15 is 0 Å². The molecule has 4 N–H and O–H groups in total. The standard InChI is InChI=1S/C8H19N3.3ClH/c9-4-1-5-11-6-2-8(10)3-7-11;;;/h8H,1-7,9-10H2;3*1H. The van der Waals surface area contributed by atoms with Crippen LogP contribution in [0.25, 0.3) is 0 Å². The second-order valence-electron chi connectivity index (χ2n) is 3.32. The van der Waals surface area contributed by atoms with Gasteiger partial charge in [-0.05, 0) is 45.4 Å². The van der Waals surface area contributed by atoms with Crippen molar-refractivity contribution in [3.05, 3.63) is 0 Å². The second kappa shape index (κ2) is 11.8. The predicted molar refractivity (Wildman–Crippen MR) is 69.1 cm³/mol. The zero-order chi connectivity index (χ0) is 8.10. The van der Waals surface area contributed by atoms with Crippen LogP contribution in [0.4, 0.5) is 0 Å². The lowest BCUT2D eigenvalue weighted by Gasteiger charge is -2.29. The minimum atomic E-state index is 0. The van der Waals surface area contributed by atoms with Gasteiger partial charge in [0, 0.05) is 6.04 Å². The van der Waals surface area contributed by atoms with E-state index in [4.69, 9.17) is 11.5 Å². The summed E-state index contributed by atoms with van der Waals surface area (Å²) in [5.74, 6) is 0. The first-order valence-electron chi connectivity index (χ1n) is 4.51. The van der Waals surface area contributed by atoms with Gasteiger partial charge in [-0.25, -0.2) is 0 Å². The Bertz CT molecular complexity index is 105. The summed E-state index contributed by atoms with van der Waals surface area (Å²) in [7, 11) is 0. The molecule has 0 aromatic rings. The highest BCUT2D eigenvalue weighted by Crippen LogP contribution is 2.07. The molecule has 0 aliphatic carbocycles. The summed E-state index contributed by atoms with van der Waals surface area (Å²) in [4.78, 5) is 2.45. The van der Waals surface area contributed by atoms with Gasteiger partial charge >= 0.3 is 0 Å². The van der Waals surface area contributed by atoms with Crippen molar-refractivity contribution in [1.29, 1.82) is 0 Å². The Morgan fingerprint density at radius 1 is 1.07 bits per heavy atom. The Hall–Kier alpha value is 0.750. The first-order chi connectivity index (χ1) is 5.33. The topological polar surface area (TPSA) is 55.3 Å². The van der Waals surface area contributed by atoms with Crippen molar-refractivity contribution in [2.24, 2.45) is 11.5 Å². The molecule has 0 saturated carbocycles. The van der Waals surface area contributed by atoms with Crippen molar-refractivity contribution in [3.63, 3.8) is 0 Å². The van der Waals surface area contributed by atoms with Gasteiger partial charge < -0.3 is 16.4 Å². The maximum Gasteiger partial charge on any atom is 0.00631 e. The van der Waals surface area contributed by atoms with Crippen LogP contribution >= 0.6 is 37.2 Å². The number of likely N-dealkylation sites (tertiary alicyclic amines) is 1. The molecule has 0 radical (unpaired) electrons. The maximum atomic E-state index is 5.77. The van der Waals surface area contributed by atoms with Crippen LogP contribution in [0.5, 0.6) is 0 Å². The molecule has 1 aliphatic rings. The molecule has 1 saturated heterocycles. The van der Waals surface area contributed by atoms with Crippen LogP contribution in [0, 0.1) is 0 Å². The first-order valence-corrected chi connectivity index (χ1v) is 4.51. The highest BCUT2D eigenvalue weighted by Gasteiger charge is 2.14. The second-order valence-corrected chi connectivity index (χ2v) is 3.32. The molecule has 90 valence electrons. The molecular formula is C8H22Cl3N3. The van der Waals surface area contributed by atoms with Crippen LogP contribution in [-0.4, -0.2) is 37.1 Å². The van der Waals surface area contributed by atoms with Crippen LogP contribution in [0.15, 0.2) is 0 Å². The summed E-state index contributed by atoms with van der Waals surface area (Å²) in [6.07, 6.45) is 3.43. The van der Waals surface area contributed by atoms with E-state index < -0.39 is 0 Å². The van der Waals surface area contributed by atoms with E-state index in [9.17, 15) is 0 Å². The lowest BCUT2D eigenvalue weighted by atomic mass is 10.1. The third-order valence-electron chi connectivity index (χ3n) is 2.31. The van der Waals surface area contributed by atoms with Gasteiger partial charge in [-0.3, -0.25) is 0 Å². The molecule has 3 nitrogen and oxygen atoms in total. The quantitative estimate of drug-likeness (QED) is 0.802. The molecule has 1 fully saturated rings. The van der Waals surface area contributed by atoms with Gasteiger partial charge in [-0.15, -0.1) is 37.2 Å². The molecule has 0 atom stereocenters. The van der Waals surface area contributed by atoms with Gasteiger partial charge in [0.1, 0.15) is 0 Å². The summed E-state index contributed by atoms with van der Waals surface area (Å²) in [5, 5.41) is 0. The number of halogens is 3. The number of piperidine rings is 1. The normalized spacial score (nSPS) is 17.6. The Kier molecular flexibility index (Phi) is 17.1. The van der Waals surface area contributed by atoms with Crippen molar-refractivity contribution in [3.8, 4) is 0 Å². The third kappa shape index (κ3) is 8.09. The van der Waals surface area contributed by atoms with E-state index in [1.54, 1.807) is 0 Å². The molecule has 0 amide bonds. The van der Waals surface area contributed by atoms with E-state index in [1.807, 2.05) is 0 Å². The Morgan fingerprint density at radius 3 is 2.00 bits per heavy atom. The lowest BCUT2D eigenvalue weighted by Crippen LogP contribution is -2.40. The van der Waals surface area contributed by atoms with Crippen LogP contribution in [-0.2, 0) is 0 Å². The zero-order valence-electron chi connectivity index (χ0n) is 8.35. The lowest BCUT2D eigenvalue weighted by molar-refractivity contribution is 0.212. The van der Waals surface area contributed by atoms with Gasteiger partial charge in [0.05, 0.1) is 0 Å². The van der Waals surface area contributed by atoms with E-state index in [0.717, 1.165) is 32.4 Å². The van der Waals surface area contributed by atoms with Crippen LogP contribution in [0.1, 0.15) is 19.3 Å². The summed E-state index contributed by atoms with van der Waals surface area (Å²) >= 11 is 0. The third-order valence-corrected chi connectivity index (χ3v) is 2.31. The first kappa shape index (κ1) is 20.2. The average molecular weight is 267 g/mol. The van der Waals surface area contributed by atoms with Crippen molar-refractivity contribution >= 4 is 37.2 Å². The van der Waals surface area contributed by atoms with Crippen LogP contribution < -0.4 is 11.5 Å². The molecule has 6 heteroatoms. The van der Waals surface area contributed by atoms with Crippen molar-refractivity contribution in [2.45, 2.75) is 25.3 Å². The Balaban J connectivity index is -0.000000403. The molecule has 14 heavy (non-hydrogen) atoms. The molecule has 1 heterocycles. The van der Waals surface area contributed by atoms with Gasteiger partial charge in [-0.1, -0.05) is 0 Å². The fraction of sp³-hybridized carbons (Fsp3) is 1.00. The fourth-order valence-electron chi connectivity index (χ4n) is 1.49. The number of rotatable bonds is 3. The molecule has 0 aromatic heterocycles. The maximum absolute atomic E-state index is 5.77. The van der Waals surface area contributed by atoms with E-state index in [0.29, 0.717) is 6.04 Å². The minimum Gasteiger partial charge on any atom is -0.330 e. The summed E-state index contributed by atoms with van der Waals surface area (Å²) in [6.45, 7) is 4.30. The predicted octanol–water partition coefficient (Wildman–Crippen LogP) is 1.02. The molecule has 0 aromatic carbocycles. The zero-order valence-corrected chi connectivity index (χ0v) is 10.8. The monoisotopic (exact) mass is 265 g/mol. The molecule has 0 unspecified atom stereocenters. The smallest absolute Gasteiger partial charge is 0.00631 e. The largest absolute Gasteiger partial charge is 0.330 e. The SMILES string of the molecule is Cl.Cl.Cl.NCCCN1CCC(N)CC1. The number of nitrogens with zero attached hydrogens (tertiary/aromatic N) is 1. The Morgan fingerprint density at radius 2 is 1.57 bits per heavy atom. The average Bonchev–Trinajstić information content (AvgIpc) is 2.04. The Labute approximate surface area is 105 Å². The van der Waals surface area contributed by atoms with Crippen LogP contribution in [0.3, 0.4) is 0 Å². The minimum absolute atomic E-state index is 0. The van der Waals surface area contributed by atoms with E-state index in [-0.39, 0.29) is 37.2 Å². The number of hydrogen-bond donors (Lipinski definition) is 2. The molecule has 1 rings (SSSR count). The van der Waals surface area contributed by atoms with Gasteiger partial charge in [-0.2, -0.15) is 0 Å². The van der Waals surface area contributed by atoms with E-state index in [1.165, 1.54) is 13.1 Å². The van der Waals surface area contributed by atoms with Gasteiger partial charge in [0.25, 0.3) is 0 Å². The fourth-order valence-corrected chi connectivity index (χ4v) is 1.49. The van der Waals surface area contributed by atoms with Crippen molar-refractivity contribution < 1.29 is 0 Å². The number of nitrogens with two attached hydrogens (primary N) is 2. The highest BCUT2D eigenvalue weighted by atomic mass is 35.5. The van der Waals surface area contributed by atoms with Gasteiger partial charge in [0.2, 0.25) is 0 Å². The van der Waals surface area contributed by atoms with E-state index in [2.05, 4.69) is 4.90 Å². The summed E-state index contributed by atoms with van der Waals surface area (Å²) < 4.78 is 0. The summed E-state index contributed by atoms with van der Waals surface area (Å²) in [6, 6.07) is 0.448. The molecular weight excluding hydrogens is 244 g/mol. The highest BCUT2D eigenvalue weighted by molar-refractivity contribution is 5.86. The van der Waals surface area contributed by atoms with Crippen molar-refractivity contribution in [2.75, 3.05) is 26.2 Å². The molecule has 0 spiro atoms.